The lowest BCUT2D eigenvalue weighted by atomic mass is 10.2. The summed E-state index contributed by atoms with van der Waals surface area (Å²) in [5, 5.41) is 3.31. The van der Waals surface area contributed by atoms with Gasteiger partial charge >= 0.3 is 0 Å². The van der Waals surface area contributed by atoms with Crippen molar-refractivity contribution >= 4 is 28.3 Å². The van der Waals surface area contributed by atoms with E-state index in [0.717, 1.165) is 5.56 Å². The molecule has 0 saturated heterocycles. The molecule has 7 heteroatoms. The highest BCUT2D eigenvalue weighted by molar-refractivity contribution is 7.84. The zero-order chi connectivity index (χ0) is 19.2. The van der Waals surface area contributed by atoms with Crippen molar-refractivity contribution in [2.45, 2.75) is 17.2 Å². The molecule has 0 saturated carbocycles. The van der Waals surface area contributed by atoms with Crippen molar-refractivity contribution in [1.82, 2.24) is 5.32 Å². The lowest BCUT2D eigenvalue weighted by Gasteiger charge is -2.08. The zero-order valence-electron chi connectivity index (χ0n) is 14.6. The summed E-state index contributed by atoms with van der Waals surface area (Å²) in [5.74, 6) is 1.16. The fourth-order valence-corrected chi connectivity index (χ4v) is 3.83. The molecule has 0 unspecified atom stereocenters. The molecule has 0 bridgehead atoms. The molecule has 3 aromatic rings. The number of amides is 1. The second kappa shape index (κ2) is 8.88. The largest absolute Gasteiger partial charge is 0.496 e. The van der Waals surface area contributed by atoms with Crippen LogP contribution in [-0.4, -0.2) is 17.2 Å². The van der Waals surface area contributed by atoms with Gasteiger partial charge < -0.3 is 14.5 Å². The van der Waals surface area contributed by atoms with Gasteiger partial charge in [-0.05, 0) is 36.4 Å². The van der Waals surface area contributed by atoms with Crippen LogP contribution in [0.4, 0.5) is 0 Å². The molecule has 0 aliphatic rings. The van der Waals surface area contributed by atoms with Gasteiger partial charge in [-0.1, -0.05) is 35.9 Å². The first-order valence-electron chi connectivity index (χ1n) is 8.19. The summed E-state index contributed by atoms with van der Waals surface area (Å²) in [6.45, 7) is 0.313. The standard InChI is InChI=1S/C20H18ClNO4S/c1-25-18-8-3-2-5-14(18)12-22-20(23)19-10-9-16(26-19)13-27(24)17-7-4-6-15(21)11-17/h2-11H,12-13H2,1H3,(H,22,23)/t27-/m1/s1. The van der Waals surface area contributed by atoms with Gasteiger partial charge in [-0.2, -0.15) is 0 Å². The van der Waals surface area contributed by atoms with Crippen molar-refractivity contribution in [2.75, 3.05) is 7.11 Å². The highest BCUT2D eigenvalue weighted by Gasteiger charge is 2.14. The second-order valence-electron chi connectivity index (χ2n) is 5.71. The molecule has 1 atom stereocenters. The van der Waals surface area contributed by atoms with Crippen LogP contribution in [0.5, 0.6) is 5.75 Å². The van der Waals surface area contributed by atoms with Crippen LogP contribution >= 0.6 is 11.6 Å². The Morgan fingerprint density at radius 3 is 2.74 bits per heavy atom. The number of halogens is 1. The first-order chi connectivity index (χ1) is 13.1. The van der Waals surface area contributed by atoms with E-state index in [2.05, 4.69) is 5.32 Å². The van der Waals surface area contributed by atoms with Gasteiger partial charge in [-0.15, -0.1) is 0 Å². The fraction of sp³-hybridized carbons (Fsp3) is 0.150. The van der Waals surface area contributed by atoms with Gasteiger partial charge in [0.25, 0.3) is 5.91 Å². The lowest BCUT2D eigenvalue weighted by Crippen LogP contribution is -2.22. The molecular formula is C20H18ClNO4S. The van der Waals surface area contributed by atoms with E-state index >= 15 is 0 Å². The highest BCUT2D eigenvalue weighted by atomic mass is 35.5. The summed E-state index contributed by atoms with van der Waals surface area (Å²) < 4.78 is 23.2. The number of benzene rings is 2. The Morgan fingerprint density at radius 1 is 1.15 bits per heavy atom. The summed E-state index contributed by atoms with van der Waals surface area (Å²) in [7, 11) is 0.274. The molecule has 1 aromatic heterocycles. The Labute approximate surface area is 164 Å². The van der Waals surface area contributed by atoms with Crippen molar-refractivity contribution in [3.05, 3.63) is 82.8 Å². The summed E-state index contributed by atoms with van der Waals surface area (Å²) in [6.07, 6.45) is 0. The van der Waals surface area contributed by atoms with Crippen molar-refractivity contribution in [1.29, 1.82) is 0 Å². The van der Waals surface area contributed by atoms with Crippen molar-refractivity contribution in [3.63, 3.8) is 0 Å². The number of carbonyl (C=O) groups is 1. The number of hydrogen-bond acceptors (Lipinski definition) is 4. The normalized spacial score (nSPS) is 11.8. The molecule has 0 radical (unpaired) electrons. The van der Waals surface area contributed by atoms with Gasteiger partial charge in [-0.25, -0.2) is 0 Å². The fourth-order valence-electron chi connectivity index (χ4n) is 2.51. The monoisotopic (exact) mass is 403 g/mol. The number of para-hydroxylation sites is 1. The molecule has 2 aromatic carbocycles. The molecule has 27 heavy (non-hydrogen) atoms. The van der Waals surface area contributed by atoms with E-state index < -0.39 is 10.8 Å². The summed E-state index contributed by atoms with van der Waals surface area (Å²) in [4.78, 5) is 12.9. The predicted octanol–water partition coefficient (Wildman–Crippen LogP) is 4.18. The third kappa shape index (κ3) is 4.99. The second-order valence-corrected chi connectivity index (χ2v) is 7.60. The maximum Gasteiger partial charge on any atom is 0.287 e. The van der Waals surface area contributed by atoms with Gasteiger partial charge in [0.15, 0.2) is 5.76 Å². The van der Waals surface area contributed by atoms with Crippen LogP contribution in [0, 0.1) is 0 Å². The third-order valence-electron chi connectivity index (χ3n) is 3.85. The van der Waals surface area contributed by atoms with Crippen LogP contribution in [0.3, 0.4) is 0 Å². The number of rotatable bonds is 7. The molecule has 1 N–H and O–H groups in total. The summed E-state index contributed by atoms with van der Waals surface area (Å²) >= 11 is 5.92. The van der Waals surface area contributed by atoms with E-state index in [4.69, 9.17) is 20.8 Å². The Morgan fingerprint density at radius 2 is 1.96 bits per heavy atom. The zero-order valence-corrected chi connectivity index (χ0v) is 16.2. The molecule has 1 heterocycles. The molecule has 0 aliphatic heterocycles. The number of furan rings is 1. The van der Waals surface area contributed by atoms with E-state index in [0.29, 0.717) is 28.0 Å². The number of methoxy groups -OCH3 is 1. The Bertz CT molecular complexity index is 970. The predicted molar refractivity (Wildman–Crippen MR) is 104 cm³/mol. The van der Waals surface area contributed by atoms with Gasteiger partial charge in [0.2, 0.25) is 0 Å². The minimum atomic E-state index is -1.31. The van der Waals surface area contributed by atoms with Crippen LogP contribution in [0.25, 0.3) is 0 Å². The van der Waals surface area contributed by atoms with E-state index in [-0.39, 0.29) is 17.4 Å². The number of nitrogens with one attached hydrogen (secondary N) is 1. The maximum absolute atomic E-state index is 12.4. The quantitative estimate of drug-likeness (QED) is 0.642. The average molecular weight is 404 g/mol. The van der Waals surface area contributed by atoms with E-state index in [9.17, 15) is 9.00 Å². The highest BCUT2D eigenvalue weighted by Crippen LogP contribution is 2.19. The van der Waals surface area contributed by atoms with Crippen LogP contribution in [0.15, 0.2) is 70.0 Å². The van der Waals surface area contributed by atoms with Gasteiger partial charge in [0.1, 0.15) is 11.5 Å². The average Bonchev–Trinajstić information content (AvgIpc) is 3.15. The van der Waals surface area contributed by atoms with E-state index in [1.54, 1.807) is 43.5 Å². The van der Waals surface area contributed by atoms with Crippen LogP contribution in [0.2, 0.25) is 5.02 Å². The summed E-state index contributed by atoms with van der Waals surface area (Å²) in [5.41, 5.74) is 0.863. The molecule has 3 rings (SSSR count). The van der Waals surface area contributed by atoms with Crippen molar-refractivity contribution in [3.8, 4) is 5.75 Å². The smallest absolute Gasteiger partial charge is 0.287 e. The minimum Gasteiger partial charge on any atom is -0.496 e. The van der Waals surface area contributed by atoms with E-state index in [1.165, 1.54) is 0 Å². The maximum atomic E-state index is 12.4. The first-order valence-corrected chi connectivity index (χ1v) is 9.89. The molecule has 0 fully saturated rings. The summed E-state index contributed by atoms with van der Waals surface area (Å²) in [6, 6.07) is 17.5. The number of ether oxygens (including phenoxy) is 1. The van der Waals surface area contributed by atoms with Crippen LogP contribution < -0.4 is 10.1 Å². The number of hydrogen-bond donors (Lipinski definition) is 1. The van der Waals surface area contributed by atoms with Crippen molar-refractivity contribution in [2.24, 2.45) is 0 Å². The van der Waals surface area contributed by atoms with Gasteiger partial charge in [-0.3, -0.25) is 9.00 Å². The van der Waals surface area contributed by atoms with Gasteiger partial charge in [0.05, 0.1) is 23.7 Å². The van der Waals surface area contributed by atoms with Crippen LogP contribution in [-0.2, 0) is 23.1 Å². The minimum absolute atomic E-state index is 0.167. The molecular weight excluding hydrogens is 386 g/mol. The first kappa shape index (κ1) is 19.2. The molecule has 140 valence electrons. The van der Waals surface area contributed by atoms with E-state index in [1.807, 2.05) is 24.3 Å². The Hall–Kier alpha value is -2.57. The van der Waals surface area contributed by atoms with Gasteiger partial charge in [0, 0.05) is 22.0 Å². The molecule has 5 nitrogen and oxygen atoms in total. The molecule has 0 aliphatic carbocycles. The third-order valence-corrected chi connectivity index (χ3v) is 5.41. The van der Waals surface area contributed by atoms with Crippen molar-refractivity contribution < 1.29 is 18.2 Å². The number of carbonyl (C=O) groups excluding carboxylic acids is 1. The topological polar surface area (TPSA) is 68.5 Å². The Balaban J connectivity index is 1.61. The SMILES string of the molecule is COc1ccccc1CNC(=O)c1ccc(C[S@@](=O)c2cccc(Cl)c2)o1. The molecule has 0 spiro atoms. The lowest BCUT2D eigenvalue weighted by molar-refractivity contribution is 0.0921. The Kier molecular flexibility index (Phi) is 6.32. The molecule has 1 amide bonds. The van der Waals surface area contributed by atoms with Crippen LogP contribution in [0.1, 0.15) is 21.9 Å².